The lowest BCUT2D eigenvalue weighted by atomic mass is 9.87. The molecule has 3 N–H and O–H groups in total. The second-order valence-electron chi connectivity index (χ2n) is 6.40. The number of hydrogen-bond donors (Lipinski definition) is 3. The summed E-state index contributed by atoms with van der Waals surface area (Å²) in [5.74, 6) is 1.52. The fraction of sp³-hybridized carbons (Fsp3) is 0.579. The largest absolute Gasteiger partial charge is 0.355 e. The van der Waals surface area contributed by atoms with Crippen LogP contribution >= 0.6 is 0 Å². The number of rotatable bonds is 7. The van der Waals surface area contributed by atoms with Gasteiger partial charge >= 0.3 is 0 Å². The van der Waals surface area contributed by atoms with Crippen LogP contribution in [0.3, 0.4) is 0 Å². The Balaban J connectivity index is 1.57. The first kappa shape index (κ1) is 18.3. The third kappa shape index (κ3) is 7.02. The summed E-state index contributed by atoms with van der Waals surface area (Å²) in [6, 6.07) is 10.2. The van der Waals surface area contributed by atoms with Crippen molar-refractivity contribution in [1.82, 2.24) is 16.0 Å². The van der Waals surface area contributed by atoms with Crippen molar-refractivity contribution in [3.63, 3.8) is 0 Å². The van der Waals surface area contributed by atoms with E-state index in [1.807, 2.05) is 18.2 Å². The molecule has 1 aliphatic carbocycles. The Morgan fingerprint density at radius 3 is 2.46 bits per heavy atom. The summed E-state index contributed by atoms with van der Waals surface area (Å²) in [5.41, 5.74) is 1.21. The smallest absolute Gasteiger partial charge is 0.220 e. The molecule has 1 aromatic rings. The Labute approximate surface area is 145 Å². The van der Waals surface area contributed by atoms with E-state index in [0.717, 1.165) is 12.5 Å². The second kappa shape index (κ2) is 10.7. The number of hydrogen-bond acceptors (Lipinski definition) is 2. The molecular weight excluding hydrogens is 300 g/mol. The Morgan fingerprint density at radius 1 is 1.04 bits per heavy atom. The summed E-state index contributed by atoms with van der Waals surface area (Å²) in [6.45, 7) is 2.02. The summed E-state index contributed by atoms with van der Waals surface area (Å²) in [7, 11) is 1.75. The van der Waals surface area contributed by atoms with Gasteiger partial charge < -0.3 is 16.0 Å². The van der Waals surface area contributed by atoms with Crippen molar-refractivity contribution in [3.05, 3.63) is 35.9 Å². The third-order valence-electron chi connectivity index (χ3n) is 4.46. The van der Waals surface area contributed by atoms with Crippen LogP contribution in [0.5, 0.6) is 0 Å². The van der Waals surface area contributed by atoms with Gasteiger partial charge in [0.2, 0.25) is 5.91 Å². The lowest BCUT2D eigenvalue weighted by Crippen LogP contribution is -2.41. The number of nitrogens with zero attached hydrogens (tertiary/aromatic N) is 1. The first-order chi connectivity index (χ1) is 11.8. The van der Waals surface area contributed by atoms with Crippen molar-refractivity contribution in [2.45, 2.75) is 45.1 Å². The first-order valence-electron chi connectivity index (χ1n) is 9.03. The molecular formula is C19H30N4O. The van der Waals surface area contributed by atoms with Gasteiger partial charge in [0.05, 0.1) is 0 Å². The molecule has 1 aliphatic rings. The highest BCUT2D eigenvalue weighted by Gasteiger charge is 2.16. The number of carbonyl (C=O) groups excluding carboxylic acids is 1. The van der Waals surface area contributed by atoms with Gasteiger partial charge in [-0.05, 0) is 24.3 Å². The molecule has 1 saturated carbocycles. The Kier molecular flexibility index (Phi) is 8.15. The maximum Gasteiger partial charge on any atom is 0.220 e. The lowest BCUT2D eigenvalue weighted by Gasteiger charge is -2.20. The standard InChI is InChI=1S/C19H30N4O/c1-20-19(23-15-17-10-6-3-7-11-17)22-13-12-21-18(24)14-16-8-4-2-5-9-16/h3,6-7,10-11,16H,2,4-5,8-9,12-15H2,1H3,(H,21,24)(H2,20,22,23). The highest BCUT2D eigenvalue weighted by molar-refractivity contribution is 5.79. The van der Waals surface area contributed by atoms with E-state index in [9.17, 15) is 4.79 Å². The van der Waals surface area contributed by atoms with Crippen LogP contribution in [0.25, 0.3) is 0 Å². The lowest BCUT2D eigenvalue weighted by molar-refractivity contribution is -0.122. The van der Waals surface area contributed by atoms with Crippen molar-refractivity contribution < 1.29 is 4.79 Å². The summed E-state index contributed by atoms with van der Waals surface area (Å²) in [4.78, 5) is 16.1. The monoisotopic (exact) mass is 330 g/mol. The van der Waals surface area contributed by atoms with Gasteiger partial charge in [-0.2, -0.15) is 0 Å². The molecule has 132 valence electrons. The van der Waals surface area contributed by atoms with Gasteiger partial charge in [0.25, 0.3) is 0 Å². The minimum Gasteiger partial charge on any atom is -0.355 e. The highest BCUT2D eigenvalue weighted by Crippen LogP contribution is 2.25. The van der Waals surface area contributed by atoms with E-state index in [0.29, 0.717) is 25.4 Å². The molecule has 0 saturated heterocycles. The van der Waals surface area contributed by atoms with Gasteiger partial charge in [-0.1, -0.05) is 49.6 Å². The predicted molar refractivity (Wildman–Crippen MR) is 98.8 cm³/mol. The summed E-state index contributed by atoms with van der Waals surface area (Å²) < 4.78 is 0. The van der Waals surface area contributed by atoms with Crippen LogP contribution in [-0.2, 0) is 11.3 Å². The van der Waals surface area contributed by atoms with Crippen LogP contribution in [-0.4, -0.2) is 32.0 Å². The molecule has 2 rings (SSSR count). The summed E-state index contributed by atoms with van der Waals surface area (Å²) in [6.07, 6.45) is 6.99. The maximum absolute atomic E-state index is 12.0. The summed E-state index contributed by atoms with van der Waals surface area (Å²) in [5, 5.41) is 9.49. The fourth-order valence-electron chi connectivity index (χ4n) is 3.11. The van der Waals surface area contributed by atoms with Gasteiger partial charge in [0.1, 0.15) is 0 Å². The van der Waals surface area contributed by atoms with E-state index >= 15 is 0 Å². The van der Waals surface area contributed by atoms with Crippen molar-refractivity contribution in [2.75, 3.05) is 20.1 Å². The van der Waals surface area contributed by atoms with Gasteiger partial charge in [-0.25, -0.2) is 0 Å². The van der Waals surface area contributed by atoms with Crippen molar-refractivity contribution >= 4 is 11.9 Å². The van der Waals surface area contributed by atoms with Gasteiger partial charge in [0, 0.05) is 33.1 Å². The zero-order chi connectivity index (χ0) is 17.0. The zero-order valence-electron chi connectivity index (χ0n) is 14.7. The quantitative estimate of drug-likeness (QED) is 0.409. The molecule has 0 atom stereocenters. The number of benzene rings is 1. The van der Waals surface area contributed by atoms with Crippen LogP contribution < -0.4 is 16.0 Å². The number of carbonyl (C=O) groups is 1. The number of nitrogens with one attached hydrogen (secondary N) is 3. The van der Waals surface area contributed by atoms with Gasteiger partial charge in [-0.15, -0.1) is 0 Å². The molecule has 1 amide bonds. The van der Waals surface area contributed by atoms with E-state index in [1.165, 1.54) is 37.7 Å². The van der Waals surface area contributed by atoms with E-state index in [4.69, 9.17) is 0 Å². The second-order valence-corrected chi connectivity index (χ2v) is 6.40. The van der Waals surface area contributed by atoms with Crippen molar-refractivity contribution in [3.8, 4) is 0 Å². The Hall–Kier alpha value is -2.04. The topological polar surface area (TPSA) is 65.5 Å². The van der Waals surface area contributed by atoms with Crippen molar-refractivity contribution in [2.24, 2.45) is 10.9 Å². The predicted octanol–water partition coefficient (Wildman–Crippen LogP) is 2.44. The van der Waals surface area contributed by atoms with Crippen LogP contribution in [0, 0.1) is 5.92 Å². The van der Waals surface area contributed by atoms with Crippen LogP contribution in [0.15, 0.2) is 35.3 Å². The molecule has 0 radical (unpaired) electrons. The molecule has 0 aliphatic heterocycles. The molecule has 5 heteroatoms. The van der Waals surface area contributed by atoms with E-state index in [1.54, 1.807) is 7.05 Å². The fourth-order valence-corrected chi connectivity index (χ4v) is 3.11. The number of amides is 1. The average Bonchev–Trinajstić information content (AvgIpc) is 2.63. The van der Waals surface area contributed by atoms with Crippen molar-refractivity contribution in [1.29, 1.82) is 0 Å². The van der Waals surface area contributed by atoms with E-state index in [2.05, 4.69) is 33.1 Å². The molecule has 0 bridgehead atoms. The SMILES string of the molecule is CN=C(NCCNC(=O)CC1CCCCC1)NCc1ccccc1. The molecule has 1 aromatic carbocycles. The number of aliphatic imine (C=N–C) groups is 1. The molecule has 1 fully saturated rings. The molecule has 24 heavy (non-hydrogen) atoms. The average molecular weight is 330 g/mol. The zero-order valence-corrected chi connectivity index (χ0v) is 14.7. The maximum atomic E-state index is 12.0. The van der Waals surface area contributed by atoms with E-state index < -0.39 is 0 Å². The molecule has 5 nitrogen and oxygen atoms in total. The minimum absolute atomic E-state index is 0.177. The minimum atomic E-state index is 0.177. The highest BCUT2D eigenvalue weighted by atomic mass is 16.1. The number of guanidine groups is 1. The molecule has 0 spiro atoms. The normalized spacial score (nSPS) is 15.8. The van der Waals surface area contributed by atoms with Gasteiger partial charge in [-0.3, -0.25) is 9.79 Å². The van der Waals surface area contributed by atoms with E-state index in [-0.39, 0.29) is 5.91 Å². The molecule has 0 aromatic heterocycles. The summed E-state index contributed by atoms with van der Waals surface area (Å²) >= 11 is 0. The third-order valence-corrected chi connectivity index (χ3v) is 4.46. The van der Waals surface area contributed by atoms with Crippen LogP contribution in [0.1, 0.15) is 44.1 Å². The Morgan fingerprint density at radius 2 is 1.75 bits per heavy atom. The van der Waals surface area contributed by atoms with Gasteiger partial charge in [0.15, 0.2) is 5.96 Å². The Bertz CT molecular complexity index is 509. The molecule has 0 unspecified atom stereocenters. The van der Waals surface area contributed by atoms with Crippen LogP contribution in [0.2, 0.25) is 0 Å². The molecule has 0 heterocycles. The van der Waals surface area contributed by atoms with Crippen LogP contribution in [0.4, 0.5) is 0 Å². The first-order valence-corrected chi connectivity index (χ1v) is 9.03.